The van der Waals surface area contributed by atoms with E-state index in [1.54, 1.807) is 21.3 Å². The third kappa shape index (κ3) is 3.19. The maximum atomic E-state index is 5.35. The summed E-state index contributed by atoms with van der Waals surface area (Å²) in [6.07, 6.45) is -0.109. The number of hydrogen-bond donors (Lipinski definition) is 0. The zero-order valence-corrected chi connectivity index (χ0v) is 10.7. The van der Waals surface area contributed by atoms with Gasteiger partial charge >= 0.3 is 0 Å². The van der Waals surface area contributed by atoms with Crippen molar-refractivity contribution in [2.75, 3.05) is 27.9 Å². The van der Waals surface area contributed by atoms with Gasteiger partial charge in [0, 0.05) is 24.3 Å². The van der Waals surface area contributed by atoms with E-state index in [-0.39, 0.29) is 6.10 Å². The smallest absolute Gasteiger partial charge is 0.124 e. The molecule has 0 aliphatic carbocycles. The highest BCUT2D eigenvalue weighted by Crippen LogP contribution is 2.30. The van der Waals surface area contributed by atoms with Crippen LogP contribution in [0.15, 0.2) is 22.7 Å². The Labute approximate surface area is 98.5 Å². The summed E-state index contributed by atoms with van der Waals surface area (Å²) in [5.41, 5.74) is 0.983. The van der Waals surface area contributed by atoms with E-state index in [1.807, 2.05) is 18.2 Å². The molecule has 84 valence electrons. The van der Waals surface area contributed by atoms with Gasteiger partial charge in [-0.25, -0.2) is 0 Å². The molecule has 0 fully saturated rings. The van der Waals surface area contributed by atoms with Crippen LogP contribution in [0.25, 0.3) is 0 Å². The first-order chi connectivity index (χ1) is 7.22. The molecule has 4 heteroatoms. The van der Waals surface area contributed by atoms with Gasteiger partial charge in [0.05, 0.1) is 13.7 Å². The van der Waals surface area contributed by atoms with Gasteiger partial charge < -0.3 is 14.2 Å². The fourth-order valence-electron chi connectivity index (χ4n) is 1.39. The maximum absolute atomic E-state index is 5.35. The molecule has 0 amide bonds. The molecule has 0 saturated heterocycles. The summed E-state index contributed by atoms with van der Waals surface area (Å²) in [4.78, 5) is 0. The van der Waals surface area contributed by atoms with Crippen molar-refractivity contribution < 1.29 is 14.2 Å². The number of halogens is 1. The highest BCUT2D eigenvalue weighted by molar-refractivity contribution is 9.10. The average molecular weight is 275 g/mol. The van der Waals surface area contributed by atoms with Gasteiger partial charge in [-0.15, -0.1) is 0 Å². The Morgan fingerprint density at radius 3 is 2.53 bits per heavy atom. The Kier molecular flexibility index (Phi) is 5.08. The Hall–Kier alpha value is -0.580. The number of methoxy groups -OCH3 is 3. The highest BCUT2D eigenvalue weighted by Gasteiger charge is 2.15. The fraction of sp³-hybridized carbons (Fsp3) is 0.455. The second kappa shape index (κ2) is 6.10. The monoisotopic (exact) mass is 274 g/mol. The second-order valence-corrected chi connectivity index (χ2v) is 3.98. The topological polar surface area (TPSA) is 27.7 Å². The van der Waals surface area contributed by atoms with Gasteiger partial charge in [0.25, 0.3) is 0 Å². The molecule has 0 aliphatic rings. The lowest BCUT2D eigenvalue weighted by atomic mass is 10.1. The van der Waals surface area contributed by atoms with E-state index in [2.05, 4.69) is 15.9 Å². The summed E-state index contributed by atoms with van der Waals surface area (Å²) in [5.74, 6) is 0.808. The third-order valence-electron chi connectivity index (χ3n) is 2.14. The van der Waals surface area contributed by atoms with Gasteiger partial charge in [0.15, 0.2) is 0 Å². The fourth-order valence-corrected chi connectivity index (χ4v) is 1.77. The minimum absolute atomic E-state index is 0.109. The minimum Gasteiger partial charge on any atom is -0.496 e. The molecule has 15 heavy (non-hydrogen) atoms. The van der Waals surface area contributed by atoms with Crippen molar-refractivity contribution in [3.63, 3.8) is 0 Å². The summed E-state index contributed by atoms with van der Waals surface area (Å²) >= 11 is 3.42. The maximum Gasteiger partial charge on any atom is 0.124 e. The molecule has 0 N–H and O–H groups in total. The minimum atomic E-state index is -0.109. The molecule has 0 spiro atoms. The highest BCUT2D eigenvalue weighted by atomic mass is 79.9. The van der Waals surface area contributed by atoms with Crippen molar-refractivity contribution in [3.05, 3.63) is 28.2 Å². The lowest BCUT2D eigenvalue weighted by Gasteiger charge is -2.17. The van der Waals surface area contributed by atoms with Crippen LogP contribution in [0.2, 0.25) is 0 Å². The molecule has 0 saturated carbocycles. The van der Waals surface area contributed by atoms with Crippen molar-refractivity contribution in [3.8, 4) is 5.75 Å². The molecule has 1 rings (SSSR count). The molecule has 0 bridgehead atoms. The predicted molar refractivity (Wildman–Crippen MR) is 62.3 cm³/mol. The normalized spacial score (nSPS) is 12.5. The standard InChI is InChI=1S/C11H15BrO3/c1-13-7-11(15-3)9-6-8(12)4-5-10(9)14-2/h4-6,11H,7H2,1-3H3. The molecule has 1 aromatic carbocycles. The first-order valence-corrected chi connectivity index (χ1v) is 5.37. The number of ether oxygens (including phenoxy) is 3. The Morgan fingerprint density at radius 2 is 2.00 bits per heavy atom. The number of rotatable bonds is 5. The van der Waals surface area contributed by atoms with Crippen LogP contribution in [-0.4, -0.2) is 27.9 Å². The van der Waals surface area contributed by atoms with E-state index in [0.717, 1.165) is 15.8 Å². The van der Waals surface area contributed by atoms with Crippen LogP contribution in [0, 0.1) is 0 Å². The molecule has 0 radical (unpaired) electrons. The molecule has 3 nitrogen and oxygen atoms in total. The van der Waals surface area contributed by atoms with E-state index in [9.17, 15) is 0 Å². The number of benzene rings is 1. The summed E-state index contributed by atoms with van der Waals surface area (Å²) in [7, 11) is 4.95. The molecule has 1 unspecified atom stereocenters. The first-order valence-electron chi connectivity index (χ1n) is 4.58. The summed E-state index contributed by atoms with van der Waals surface area (Å²) < 4.78 is 16.7. The van der Waals surface area contributed by atoms with Crippen LogP contribution in [0.5, 0.6) is 5.75 Å². The molecule has 1 atom stereocenters. The van der Waals surface area contributed by atoms with Gasteiger partial charge in [-0.05, 0) is 18.2 Å². The summed E-state index contributed by atoms with van der Waals surface area (Å²) in [5, 5.41) is 0. The predicted octanol–water partition coefficient (Wildman–Crippen LogP) is 2.79. The van der Waals surface area contributed by atoms with Crippen molar-refractivity contribution >= 4 is 15.9 Å². The molecular weight excluding hydrogens is 260 g/mol. The largest absolute Gasteiger partial charge is 0.496 e. The molecule has 0 heterocycles. The van der Waals surface area contributed by atoms with E-state index < -0.39 is 0 Å². The van der Waals surface area contributed by atoms with Crippen LogP contribution >= 0.6 is 15.9 Å². The van der Waals surface area contributed by atoms with Gasteiger partial charge in [-0.1, -0.05) is 15.9 Å². The Bertz CT molecular complexity index is 315. The van der Waals surface area contributed by atoms with E-state index in [0.29, 0.717) is 6.61 Å². The Morgan fingerprint density at radius 1 is 1.27 bits per heavy atom. The zero-order valence-electron chi connectivity index (χ0n) is 9.12. The molecular formula is C11H15BrO3. The third-order valence-corrected chi connectivity index (χ3v) is 2.63. The van der Waals surface area contributed by atoms with Gasteiger partial charge in [0.2, 0.25) is 0 Å². The lowest BCUT2D eigenvalue weighted by molar-refractivity contribution is 0.0261. The molecule has 0 aliphatic heterocycles. The van der Waals surface area contributed by atoms with Crippen LogP contribution in [0.4, 0.5) is 0 Å². The lowest BCUT2D eigenvalue weighted by Crippen LogP contribution is -2.09. The second-order valence-electron chi connectivity index (χ2n) is 3.07. The van der Waals surface area contributed by atoms with E-state index in [4.69, 9.17) is 14.2 Å². The quantitative estimate of drug-likeness (QED) is 0.827. The van der Waals surface area contributed by atoms with Crippen molar-refractivity contribution in [2.45, 2.75) is 6.10 Å². The van der Waals surface area contributed by atoms with Gasteiger partial charge in [0.1, 0.15) is 11.9 Å². The van der Waals surface area contributed by atoms with E-state index in [1.165, 1.54) is 0 Å². The van der Waals surface area contributed by atoms with Crippen molar-refractivity contribution in [2.24, 2.45) is 0 Å². The first kappa shape index (κ1) is 12.5. The Balaban J connectivity index is 3.02. The zero-order chi connectivity index (χ0) is 11.3. The van der Waals surface area contributed by atoms with Crippen LogP contribution in [-0.2, 0) is 9.47 Å². The van der Waals surface area contributed by atoms with Crippen molar-refractivity contribution in [1.82, 2.24) is 0 Å². The van der Waals surface area contributed by atoms with Gasteiger partial charge in [-0.3, -0.25) is 0 Å². The summed E-state index contributed by atoms with van der Waals surface area (Å²) in [6.45, 7) is 0.503. The van der Waals surface area contributed by atoms with Crippen LogP contribution < -0.4 is 4.74 Å². The van der Waals surface area contributed by atoms with Crippen molar-refractivity contribution in [1.29, 1.82) is 0 Å². The molecule has 0 aromatic heterocycles. The SMILES string of the molecule is COCC(OC)c1cc(Br)ccc1OC. The van der Waals surface area contributed by atoms with Crippen LogP contribution in [0.3, 0.4) is 0 Å². The molecule has 1 aromatic rings. The number of hydrogen-bond acceptors (Lipinski definition) is 3. The van der Waals surface area contributed by atoms with E-state index >= 15 is 0 Å². The van der Waals surface area contributed by atoms with Crippen LogP contribution in [0.1, 0.15) is 11.7 Å². The van der Waals surface area contributed by atoms with Gasteiger partial charge in [-0.2, -0.15) is 0 Å². The average Bonchev–Trinajstić information content (AvgIpc) is 2.26. The summed E-state index contributed by atoms with van der Waals surface area (Å²) in [6, 6.07) is 5.81.